The van der Waals surface area contributed by atoms with E-state index in [1.54, 1.807) is 0 Å². The molecule has 0 aliphatic heterocycles. The van der Waals surface area contributed by atoms with Crippen molar-refractivity contribution < 1.29 is 42.1 Å². The zero-order valence-electron chi connectivity index (χ0n) is 30.4. The maximum atomic E-state index is 12.6. The SMILES string of the molecule is CC/C=C/C=C/C=C/C=C/CCCCCC(=O)OC(COC(=O)CCCCC/C=C/C=C/CCCC)COP(=O)(O)OCC[N+](C)(C)C. The zero-order valence-corrected chi connectivity index (χ0v) is 31.3. The number of phosphoric ester groups is 1. The highest BCUT2D eigenvalue weighted by Crippen LogP contribution is 2.43. The van der Waals surface area contributed by atoms with E-state index in [4.69, 9.17) is 18.5 Å². The van der Waals surface area contributed by atoms with Gasteiger partial charge in [0.2, 0.25) is 0 Å². The summed E-state index contributed by atoms with van der Waals surface area (Å²) in [5.41, 5.74) is 0. The first-order valence-electron chi connectivity index (χ1n) is 17.7. The summed E-state index contributed by atoms with van der Waals surface area (Å²) < 4.78 is 34.0. The molecule has 0 saturated carbocycles. The van der Waals surface area contributed by atoms with E-state index in [0.29, 0.717) is 23.9 Å². The van der Waals surface area contributed by atoms with Crippen LogP contribution in [0, 0.1) is 0 Å². The average molecular weight is 695 g/mol. The first-order chi connectivity index (χ1) is 23.0. The number of unbranched alkanes of at least 4 members (excludes halogenated alkanes) is 8. The maximum Gasteiger partial charge on any atom is 0.472 e. The van der Waals surface area contributed by atoms with Crippen molar-refractivity contribution in [2.45, 2.75) is 110 Å². The van der Waals surface area contributed by atoms with E-state index in [0.717, 1.165) is 51.4 Å². The molecular formula is C38H65NO8P+. The second kappa shape index (κ2) is 30.5. The number of phosphoric acid groups is 1. The summed E-state index contributed by atoms with van der Waals surface area (Å²) in [4.78, 5) is 35.0. The number of hydrogen-bond acceptors (Lipinski definition) is 7. The minimum absolute atomic E-state index is 0.0152. The van der Waals surface area contributed by atoms with Crippen LogP contribution in [0.25, 0.3) is 0 Å². The third-order valence-corrected chi connectivity index (χ3v) is 7.83. The molecule has 2 atom stereocenters. The molecule has 0 fully saturated rings. The first-order valence-corrected chi connectivity index (χ1v) is 19.2. The Morgan fingerprint density at radius 2 is 1.19 bits per heavy atom. The summed E-state index contributed by atoms with van der Waals surface area (Å²) in [6, 6.07) is 0. The molecule has 0 aromatic heterocycles. The van der Waals surface area contributed by atoms with Crippen LogP contribution in [0.4, 0.5) is 0 Å². The monoisotopic (exact) mass is 694 g/mol. The van der Waals surface area contributed by atoms with Gasteiger partial charge in [0.15, 0.2) is 6.10 Å². The van der Waals surface area contributed by atoms with Crippen molar-refractivity contribution in [1.82, 2.24) is 0 Å². The number of hydrogen-bond donors (Lipinski definition) is 1. The van der Waals surface area contributed by atoms with Gasteiger partial charge >= 0.3 is 19.8 Å². The highest BCUT2D eigenvalue weighted by molar-refractivity contribution is 7.47. The molecule has 0 aliphatic carbocycles. The Morgan fingerprint density at radius 1 is 0.667 bits per heavy atom. The van der Waals surface area contributed by atoms with Gasteiger partial charge in [-0.05, 0) is 51.4 Å². The van der Waals surface area contributed by atoms with Crippen molar-refractivity contribution >= 4 is 19.8 Å². The lowest BCUT2D eigenvalue weighted by Gasteiger charge is -2.24. The van der Waals surface area contributed by atoms with Gasteiger partial charge in [-0.15, -0.1) is 0 Å². The number of allylic oxidation sites excluding steroid dienone is 12. The summed E-state index contributed by atoms with van der Waals surface area (Å²) in [5, 5.41) is 0. The smallest absolute Gasteiger partial charge is 0.462 e. The normalized spacial score (nSPS) is 14.7. The minimum Gasteiger partial charge on any atom is -0.462 e. The molecule has 0 bridgehead atoms. The fourth-order valence-corrected chi connectivity index (χ4v) is 4.74. The van der Waals surface area contributed by atoms with Gasteiger partial charge in [0, 0.05) is 12.8 Å². The maximum absolute atomic E-state index is 12.6. The number of carbonyl (C=O) groups is 2. The molecule has 2 unspecified atom stereocenters. The summed E-state index contributed by atoms with van der Waals surface area (Å²) in [7, 11) is 1.42. The largest absolute Gasteiger partial charge is 0.472 e. The second-order valence-electron chi connectivity index (χ2n) is 12.6. The van der Waals surface area contributed by atoms with Gasteiger partial charge in [-0.2, -0.15) is 0 Å². The Labute approximate surface area is 291 Å². The van der Waals surface area contributed by atoms with Gasteiger partial charge in [0.25, 0.3) is 0 Å². The van der Waals surface area contributed by atoms with Crippen LogP contribution < -0.4 is 0 Å². The molecule has 0 spiro atoms. The van der Waals surface area contributed by atoms with Gasteiger partial charge in [-0.25, -0.2) is 4.57 Å². The molecule has 0 radical (unpaired) electrons. The zero-order chi connectivity index (χ0) is 35.8. The van der Waals surface area contributed by atoms with E-state index in [9.17, 15) is 19.0 Å². The van der Waals surface area contributed by atoms with E-state index in [1.807, 2.05) is 57.6 Å². The quantitative estimate of drug-likeness (QED) is 0.0261. The number of nitrogens with zero attached hydrogens (tertiary/aromatic N) is 1. The second-order valence-corrected chi connectivity index (χ2v) is 14.1. The molecule has 10 heteroatoms. The summed E-state index contributed by atoms with van der Waals surface area (Å²) in [6.07, 6.45) is 35.3. The predicted octanol–water partition coefficient (Wildman–Crippen LogP) is 9.12. The lowest BCUT2D eigenvalue weighted by Crippen LogP contribution is -2.37. The van der Waals surface area contributed by atoms with Gasteiger partial charge < -0.3 is 18.9 Å². The molecule has 0 amide bonds. The fourth-order valence-electron chi connectivity index (χ4n) is 4.00. The predicted molar refractivity (Wildman–Crippen MR) is 196 cm³/mol. The fraction of sp³-hybridized carbons (Fsp3) is 0.632. The van der Waals surface area contributed by atoms with Crippen molar-refractivity contribution in [3.8, 4) is 0 Å². The molecule has 48 heavy (non-hydrogen) atoms. The standard InChI is InChI=1S/C38H64NO8P/c1-6-8-10-12-14-16-18-19-21-23-25-27-29-31-38(41)47-36(35-46-48(42,43)45-33-32-39(3,4)5)34-44-37(40)30-28-26-24-22-20-17-15-13-11-9-7-2/h8,10,12-21,36H,6-7,9,11,22-35H2,1-5H3/p+1/b10-8+,14-12+,15-13+,18-16+,20-17+,21-19+. The number of esters is 2. The van der Waals surface area contributed by atoms with Crippen molar-refractivity contribution in [2.75, 3.05) is 47.5 Å². The van der Waals surface area contributed by atoms with E-state index in [1.165, 1.54) is 12.8 Å². The molecule has 1 N–H and O–H groups in total. The van der Waals surface area contributed by atoms with Crippen molar-refractivity contribution in [1.29, 1.82) is 0 Å². The number of likely N-dealkylation sites (N-methyl/N-ethyl adjacent to an activating group) is 1. The molecule has 274 valence electrons. The van der Waals surface area contributed by atoms with Crippen LogP contribution in [0.5, 0.6) is 0 Å². The van der Waals surface area contributed by atoms with Crippen LogP contribution in [-0.4, -0.2) is 74.9 Å². The summed E-state index contributed by atoms with van der Waals surface area (Å²) in [5.74, 6) is -0.891. The molecule has 0 rings (SSSR count). The highest BCUT2D eigenvalue weighted by Gasteiger charge is 2.27. The lowest BCUT2D eigenvalue weighted by atomic mass is 10.1. The molecule has 9 nitrogen and oxygen atoms in total. The van der Waals surface area contributed by atoms with E-state index >= 15 is 0 Å². The summed E-state index contributed by atoms with van der Waals surface area (Å²) >= 11 is 0. The highest BCUT2D eigenvalue weighted by atomic mass is 31.2. The van der Waals surface area contributed by atoms with Crippen LogP contribution in [0.2, 0.25) is 0 Å². The number of quaternary nitrogens is 1. The Bertz CT molecular complexity index is 1060. The lowest BCUT2D eigenvalue weighted by molar-refractivity contribution is -0.870. The van der Waals surface area contributed by atoms with Gasteiger partial charge in [-0.1, -0.05) is 112 Å². The number of rotatable bonds is 30. The molecular weight excluding hydrogens is 629 g/mol. The number of ether oxygens (including phenoxy) is 2. The molecule has 0 aromatic rings. The van der Waals surface area contributed by atoms with Gasteiger partial charge in [0.05, 0.1) is 27.7 Å². The molecule has 0 aromatic carbocycles. The van der Waals surface area contributed by atoms with Crippen molar-refractivity contribution in [3.05, 3.63) is 72.9 Å². The first kappa shape index (κ1) is 45.5. The third kappa shape index (κ3) is 33.4. The van der Waals surface area contributed by atoms with Crippen LogP contribution in [0.3, 0.4) is 0 Å². The Balaban J connectivity index is 4.63. The third-order valence-electron chi connectivity index (χ3n) is 6.84. The van der Waals surface area contributed by atoms with E-state index in [2.05, 4.69) is 50.3 Å². The molecule has 0 saturated heterocycles. The topological polar surface area (TPSA) is 108 Å². The van der Waals surface area contributed by atoms with Crippen LogP contribution >= 0.6 is 7.82 Å². The van der Waals surface area contributed by atoms with Crippen LogP contribution in [-0.2, 0) is 32.7 Å². The van der Waals surface area contributed by atoms with Gasteiger partial charge in [-0.3, -0.25) is 18.6 Å². The molecule has 0 aliphatic rings. The Morgan fingerprint density at radius 3 is 1.75 bits per heavy atom. The van der Waals surface area contributed by atoms with Crippen LogP contribution in [0.15, 0.2) is 72.9 Å². The summed E-state index contributed by atoms with van der Waals surface area (Å²) in [6.45, 7) is 4.09. The molecule has 0 heterocycles. The Hall–Kier alpha value is -2.55. The number of carbonyl (C=O) groups excluding carboxylic acids is 2. The van der Waals surface area contributed by atoms with E-state index < -0.39 is 32.5 Å². The Kier molecular flexibility index (Phi) is 28.9. The average Bonchev–Trinajstić information content (AvgIpc) is 3.02. The van der Waals surface area contributed by atoms with E-state index in [-0.39, 0.29) is 26.1 Å². The van der Waals surface area contributed by atoms with Crippen LogP contribution in [0.1, 0.15) is 104 Å². The van der Waals surface area contributed by atoms with Crippen molar-refractivity contribution in [2.24, 2.45) is 0 Å². The minimum atomic E-state index is -4.38. The van der Waals surface area contributed by atoms with Gasteiger partial charge in [0.1, 0.15) is 19.8 Å². The van der Waals surface area contributed by atoms with Crippen molar-refractivity contribution in [3.63, 3.8) is 0 Å².